The summed E-state index contributed by atoms with van der Waals surface area (Å²) in [6.07, 6.45) is 5.61. The predicted octanol–water partition coefficient (Wildman–Crippen LogP) is 3.71. The average molecular weight is 354 g/mol. The Labute approximate surface area is 141 Å². The average Bonchev–Trinajstić information content (AvgIpc) is 2.55. The number of unbranched alkanes of at least 4 members (excludes halogenated alkanes) is 1. The van der Waals surface area contributed by atoms with Crippen LogP contribution in [0.5, 0.6) is 0 Å². The maximum Gasteiger partial charge on any atom is 0.216 e. The monoisotopic (exact) mass is 354 g/mol. The van der Waals surface area contributed by atoms with E-state index >= 15 is 0 Å². The molecule has 1 N–H and O–H groups in total. The van der Waals surface area contributed by atoms with Crippen LogP contribution in [0.25, 0.3) is 0 Å². The number of pyridine rings is 1. The zero-order chi connectivity index (χ0) is 17.6. The summed E-state index contributed by atoms with van der Waals surface area (Å²) in [6, 6.07) is 5.99. The van der Waals surface area contributed by atoms with Crippen LogP contribution in [0.3, 0.4) is 0 Å². The first-order valence-electron chi connectivity index (χ1n) is 7.75. The fraction of sp³-hybridized carbons (Fsp3) is 0.353. The van der Waals surface area contributed by atoms with Crippen molar-refractivity contribution in [3.05, 3.63) is 65.5 Å². The van der Waals surface area contributed by atoms with Crippen LogP contribution in [0, 0.1) is 11.6 Å². The van der Waals surface area contributed by atoms with Crippen LogP contribution in [-0.4, -0.2) is 13.4 Å². The first-order chi connectivity index (χ1) is 11.4. The Morgan fingerprint density at radius 1 is 1.25 bits per heavy atom. The molecule has 1 atom stereocenters. The van der Waals surface area contributed by atoms with E-state index in [1.807, 2.05) is 6.92 Å². The number of sulfonamides is 1. The van der Waals surface area contributed by atoms with Crippen molar-refractivity contribution in [3.63, 3.8) is 0 Å². The molecule has 1 aromatic heterocycles. The van der Waals surface area contributed by atoms with Crippen molar-refractivity contribution >= 4 is 10.0 Å². The molecule has 0 aliphatic rings. The molecule has 2 rings (SSSR count). The highest BCUT2D eigenvalue weighted by Gasteiger charge is 2.21. The quantitative estimate of drug-likeness (QED) is 0.786. The summed E-state index contributed by atoms with van der Waals surface area (Å²) in [4.78, 5) is 4.01. The third-order valence-corrected chi connectivity index (χ3v) is 4.95. The minimum Gasteiger partial charge on any atom is -0.264 e. The summed E-state index contributed by atoms with van der Waals surface area (Å²) >= 11 is 0. The van der Waals surface area contributed by atoms with Crippen molar-refractivity contribution in [3.8, 4) is 0 Å². The number of benzene rings is 1. The highest BCUT2D eigenvalue weighted by Crippen LogP contribution is 2.21. The molecule has 0 radical (unpaired) electrons. The molecule has 130 valence electrons. The Morgan fingerprint density at radius 3 is 2.67 bits per heavy atom. The normalized spacial score (nSPS) is 13.0. The lowest BCUT2D eigenvalue weighted by molar-refractivity contribution is 0.521. The number of nitrogens with one attached hydrogen (secondary N) is 1. The third-order valence-electron chi connectivity index (χ3n) is 3.62. The molecule has 0 spiro atoms. The van der Waals surface area contributed by atoms with Gasteiger partial charge in [-0.15, -0.1) is 0 Å². The van der Waals surface area contributed by atoms with Crippen LogP contribution in [-0.2, 0) is 15.8 Å². The van der Waals surface area contributed by atoms with Crippen molar-refractivity contribution < 1.29 is 17.2 Å². The zero-order valence-electron chi connectivity index (χ0n) is 13.4. The molecule has 4 nitrogen and oxygen atoms in total. The molecule has 0 aliphatic heterocycles. The minimum absolute atomic E-state index is 0.0654. The van der Waals surface area contributed by atoms with Gasteiger partial charge in [0.1, 0.15) is 11.6 Å². The van der Waals surface area contributed by atoms with E-state index in [0.717, 1.165) is 30.5 Å². The number of hydrogen-bond donors (Lipinski definition) is 1. The lowest BCUT2D eigenvalue weighted by Crippen LogP contribution is -2.30. The molecule has 7 heteroatoms. The highest BCUT2D eigenvalue weighted by atomic mass is 32.2. The summed E-state index contributed by atoms with van der Waals surface area (Å²) in [6.45, 7) is 2.02. The Balaban J connectivity index is 2.17. The van der Waals surface area contributed by atoms with E-state index in [1.165, 1.54) is 0 Å². The predicted molar refractivity (Wildman–Crippen MR) is 88.6 cm³/mol. The van der Waals surface area contributed by atoms with Gasteiger partial charge in [-0.3, -0.25) is 4.98 Å². The Kier molecular flexibility index (Phi) is 6.39. The molecule has 1 unspecified atom stereocenters. The molecule has 0 saturated heterocycles. The number of nitrogens with zero attached hydrogens (tertiary/aromatic N) is 1. The molecule has 1 heterocycles. The first-order valence-corrected chi connectivity index (χ1v) is 9.40. The molecular weight excluding hydrogens is 334 g/mol. The molecule has 1 aromatic carbocycles. The Hall–Kier alpha value is -1.86. The minimum atomic E-state index is -3.79. The van der Waals surface area contributed by atoms with Gasteiger partial charge in [-0.2, -0.15) is 0 Å². The number of halogens is 2. The van der Waals surface area contributed by atoms with Gasteiger partial charge in [0.25, 0.3) is 0 Å². The Morgan fingerprint density at radius 2 is 2.04 bits per heavy atom. The lowest BCUT2D eigenvalue weighted by atomic mass is 10.0. The van der Waals surface area contributed by atoms with Crippen molar-refractivity contribution in [2.75, 3.05) is 0 Å². The summed E-state index contributed by atoms with van der Waals surface area (Å²) in [5.41, 5.74) is 0.693. The molecule has 0 amide bonds. The molecule has 0 saturated carbocycles. The smallest absolute Gasteiger partial charge is 0.216 e. The van der Waals surface area contributed by atoms with E-state index < -0.39 is 33.5 Å². The van der Waals surface area contributed by atoms with Gasteiger partial charge in [0.15, 0.2) is 0 Å². The van der Waals surface area contributed by atoms with Gasteiger partial charge in [-0.1, -0.05) is 31.9 Å². The van der Waals surface area contributed by atoms with Crippen LogP contribution < -0.4 is 4.72 Å². The standard InChI is InChI=1S/C17H20F2N2O2S/c1-2-3-6-17(13-5-4-9-20-11-13)21-24(22,23)12-14-7-8-15(18)10-16(14)19/h4-5,7-11,17,21H,2-3,6,12H2,1H3. The van der Waals surface area contributed by atoms with Gasteiger partial charge >= 0.3 is 0 Å². The van der Waals surface area contributed by atoms with Gasteiger partial charge < -0.3 is 0 Å². The third kappa shape index (κ3) is 5.35. The Bertz CT molecular complexity index is 767. The summed E-state index contributed by atoms with van der Waals surface area (Å²) < 4.78 is 54.0. The van der Waals surface area contributed by atoms with Crippen LogP contribution in [0.4, 0.5) is 8.78 Å². The van der Waals surface area contributed by atoms with Gasteiger partial charge in [-0.25, -0.2) is 21.9 Å². The van der Waals surface area contributed by atoms with Gasteiger partial charge in [0.2, 0.25) is 10.0 Å². The summed E-state index contributed by atoms with van der Waals surface area (Å²) in [5, 5.41) is 0. The highest BCUT2D eigenvalue weighted by molar-refractivity contribution is 7.88. The van der Waals surface area contributed by atoms with E-state index in [1.54, 1.807) is 24.5 Å². The molecule has 24 heavy (non-hydrogen) atoms. The van der Waals surface area contributed by atoms with Crippen LogP contribution >= 0.6 is 0 Å². The van der Waals surface area contributed by atoms with E-state index in [9.17, 15) is 17.2 Å². The van der Waals surface area contributed by atoms with Gasteiger partial charge in [-0.05, 0) is 24.1 Å². The maximum absolute atomic E-state index is 13.7. The topological polar surface area (TPSA) is 59.1 Å². The van der Waals surface area contributed by atoms with E-state index in [-0.39, 0.29) is 5.56 Å². The van der Waals surface area contributed by atoms with E-state index in [2.05, 4.69) is 9.71 Å². The second kappa shape index (κ2) is 8.30. The summed E-state index contributed by atoms with van der Waals surface area (Å²) in [7, 11) is -3.79. The van der Waals surface area contributed by atoms with Crippen molar-refractivity contribution in [1.82, 2.24) is 9.71 Å². The largest absolute Gasteiger partial charge is 0.264 e. The summed E-state index contributed by atoms with van der Waals surface area (Å²) in [5.74, 6) is -2.15. The van der Waals surface area contributed by atoms with Crippen molar-refractivity contribution in [1.29, 1.82) is 0 Å². The molecule has 0 fully saturated rings. The van der Waals surface area contributed by atoms with E-state index in [0.29, 0.717) is 12.5 Å². The van der Waals surface area contributed by atoms with Gasteiger partial charge in [0.05, 0.1) is 5.75 Å². The van der Waals surface area contributed by atoms with Crippen LogP contribution in [0.15, 0.2) is 42.7 Å². The van der Waals surface area contributed by atoms with Gasteiger partial charge in [0, 0.05) is 30.1 Å². The maximum atomic E-state index is 13.7. The first kappa shape index (κ1) is 18.5. The second-order valence-corrected chi connectivity index (χ2v) is 7.35. The SMILES string of the molecule is CCCCC(NS(=O)(=O)Cc1ccc(F)cc1F)c1cccnc1. The number of hydrogen-bond acceptors (Lipinski definition) is 3. The molecule has 2 aromatic rings. The number of rotatable bonds is 8. The van der Waals surface area contributed by atoms with Crippen molar-refractivity contribution in [2.24, 2.45) is 0 Å². The molecule has 0 aliphatic carbocycles. The van der Waals surface area contributed by atoms with Crippen molar-refractivity contribution in [2.45, 2.75) is 38.0 Å². The number of aromatic nitrogens is 1. The fourth-order valence-corrected chi connectivity index (χ4v) is 3.80. The zero-order valence-corrected chi connectivity index (χ0v) is 14.2. The van der Waals surface area contributed by atoms with Crippen LogP contribution in [0.1, 0.15) is 43.4 Å². The van der Waals surface area contributed by atoms with Crippen LogP contribution in [0.2, 0.25) is 0 Å². The lowest BCUT2D eigenvalue weighted by Gasteiger charge is -2.19. The van der Waals surface area contributed by atoms with E-state index in [4.69, 9.17) is 0 Å². The second-order valence-electron chi connectivity index (χ2n) is 5.59. The molecular formula is C17H20F2N2O2S. The fourth-order valence-electron chi connectivity index (χ4n) is 2.39. The molecule has 0 bridgehead atoms.